The normalized spacial score (nSPS) is 24.3. The fourth-order valence-corrected chi connectivity index (χ4v) is 6.54. The molecule has 2 aliphatic carbocycles. The maximum Gasteiger partial charge on any atom is 0.341 e. The summed E-state index contributed by atoms with van der Waals surface area (Å²) in [6.07, 6.45) is 2.54. The van der Waals surface area contributed by atoms with Crippen molar-refractivity contribution in [3.63, 3.8) is 0 Å². The maximum atomic E-state index is 13.2. The molecule has 2 saturated carbocycles. The average molecular weight is 442 g/mol. The second-order valence-electron chi connectivity index (χ2n) is 8.76. The van der Waals surface area contributed by atoms with Crippen molar-refractivity contribution in [1.82, 2.24) is 0 Å². The number of benzene rings is 1. The van der Waals surface area contributed by atoms with E-state index >= 15 is 0 Å². The molecule has 0 spiro atoms. The molecule has 7 heteroatoms. The Morgan fingerprint density at radius 3 is 2.42 bits per heavy atom. The number of thiophene rings is 1. The summed E-state index contributed by atoms with van der Waals surface area (Å²) >= 11 is 1.33. The molecule has 1 amide bonds. The van der Waals surface area contributed by atoms with Gasteiger partial charge < -0.3 is 15.2 Å². The van der Waals surface area contributed by atoms with Gasteiger partial charge >= 0.3 is 11.9 Å². The van der Waals surface area contributed by atoms with E-state index in [1.54, 1.807) is 0 Å². The van der Waals surface area contributed by atoms with Crippen LogP contribution in [-0.4, -0.2) is 30.1 Å². The largest absolute Gasteiger partial charge is 0.481 e. The Morgan fingerprint density at radius 1 is 1.10 bits per heavy atom. The first-order chi connectivity index (χ1) is 14.7. The van der Waals surface area contributed by atoms with Crippen LogP contribution in [0.3, 0.4) is 0 Å². The zero-order valence-electron chi connectivity index (χ0n) is 18.2. The van der Waals surface area contributed by atoms with Crippen LogP contribution in [0.15, 0.2) is 18.2 Å². The molecule has 2 aromatic rings. The first-order valence-corrected chi connectivity index (χ1v) is 11.4. The monoisotopic (exact) mass is 441 g/mol. The number of hydrogen-bond acceptors (Lipinski definition) is 5. The molecular weight excluding hydrogens is 414 g/mol. The van der Waals surface area contributed by atoms with Crippen LogP contribution in [0, 0.1) is 44.4 Å². The Bertz CT molecular complexity index is 1070. The summed E-state index contributed by atoms with van der Waals surface area (Å²) in [7, 11) is 1.32. The molecule has 2 aliphatic rings. The first kappa shape index (κ1) is 21.6. The number of carboxylic acid groups (broad SMARTS) is 1. The van der Waals surface area contributed by atoms with Gasteiger partial charge in [0.1, 0.15) is 10.6 Å². The number of esters is 1. The molecule has 4 atom stereocenters. The van der Waals surface area contributed by atoms with Crippen molar-refractivity contribution in [3.8, 4) is 11.1 Å². The summed E-state index contributed by atoms with van der Waals surface area (Å²) in [5, 5.41) is 13.0. The number of ether oxygens (including phenoxy) is 1. The van der Waals surface area contributed by atoms with E-state index in [1.807, 2.05) is 39.0 Å². The summed E-state index contributed by atoms with van der Waals surface area (Å²) in [4.78, 5) is 38.8. The van der Waals surface area contributed by atoms with E-state index in [0.717, 1.165) is 46.4 Å². The molecule has 0 saturated heterocycles. The zero-order valence-corrected chi connectivity index (χ0v) is 19.0. The summed E-state index contributed by atoms with van der Waals surface area (Å²) in [5.41, 5.74) is 4.11. The fraction of sp³-hybridized carbons (Fsp3) is 0.458. The van der Waals surface area contributed by atoms with Crippen LogP contribution in [0.25, 0.3) is 11.1 Å². The van der Waals surface area contributed by atoms with Crippen molar-refractivity contribution >= 4 is 34.2 Å². The van der Waals surface area contributed by atoms with Crippen LogP contribution < -0.4 is 5.32 Å². The van der Waals surface area contributed by atoms with E-state index in [9.17, 15) is 19.5 Å². The second-order valence-corrected chi connectivity index (χ2v) is 9.98. The Balaban J connectivity index is 1.74. The second kappa shape index (κ2) is 8.11. The molecule has 2 bridgehead atoms. The van der Waals surface area contributed by atoms with Crippen LogP contribution >= 0.6 is 11.3 Å². The van der Waals surface area contributed by atoms with Gasteiger partial charge in [-0.2, -0.15) is 0 Å². The van der Waals surface area contributed by atoms with Crippen molar-refractivity contribution < 1.29 is 24.2 Å². The van der Waals surface area contributed by atoms with Gasteiger partial charge in [0.15, 0.2) is 0 Å². The number of nitrogens with one attached hydrogen (secondary N) is 1. The van der Waals surface area contributed by atoms with Gasteiger partial charge in [-0.3, -0.25) is 9.59 Å². The van der Waals surface area contributed by atoms with Crippen LogP contribution in [0.5, 0.6) is 0 Å². The molecule has 164 valence electrons. The van der Waals surface area contributed by atoms with Crippen molar-refractivity contribution in [3.05, 3.63) is 39.8 Å². The van der Waals surface area contributed by atoms with Crippen molar-refractivity contribution in [2.24, 2.45) is 23.7 Å². The molecule has 0 aliphatic heterocycles. The first-order valence-electron chi connectivity index (χ1n) is 10.6. The Morgan fingerprint density at radius 2 is 1.77 bits per heavy atom. The van der Waals surface area contributed by atoms with Gasteiger partial charge in [0.05, 0.1) is 18.9 Å². The summed E-state index contributed by atoms with van der Waals surface area (Å²) in [6.45, 7) is 5.89. The van der Waals surface area contributed by atoms with Crippen LogP contribution in [0.1, 0.15) is 45.6 Å². The molecule has 4 rings (SSSR count). The molecular formula is C24H27NO5S. The zero-order chi connectivity index (χ0) is 22.4. The number of carbonyl (C=O) groups is 3. The molecule has 1 heterocycles. The van der Waals surface area contributed by atoms with Crippen LogP contribution in [-0.2, 0) is 14.3 Å². The molecule has 6 nitrogen and oxygen atoms in total. The van der Waals surface area contributed by atoms with Gasteiger partial charge in [-0.25, -0.2) is 4.79 Å². The predicted molar refractivity (Wildman–Crippen MR) is 119 cm³/mol. The molecule has 2 N–H and O–H groups in total. The third-order valence-corrected chi connectivity index (χ3v) is 7.90. The third kappa shape index (κ3) is 3.65. The number of hydrogen-bond donors (Lipinski definition) is 2. The number of anilines is 1. The van der Waals surface area contributed by atoms with Gasteiger partial charge in [0.25, 0.3) is 0 Å². The van der Waals surface area contributed by atoms with E-state index in [1.165, 1.54) is 18.4 Å². The molecule has 0 radical (unpaired) electrons. The van der Waals surface area contributed by atoms with Crippen molar-refractivity contribution in [2.75, 3.05) is 12.4 Å². The molecule has 1 aromatic heterocycles. The number of fused-ring (bicyclic) bond motifs is 2. The number of carbonyl (C=O) groups excluding carboxylic acids is 2. The third-order valence-electron chi connectivity index (χ3n) is 6.88. The standard InChI is InChI=1S/C24H27NO5S/c1-11-5-6-12(2)16(9-11)17-13(3)31-22(20(17)24(29)30-4)25-21(26)18-14-7-8-15(10-14)19(18)23(27)28/h5-6,9,14-15,18-19H,7-8,10H2,1-4H3,(H,25,26)(H,27,28)/t14-,15-,18+,19-/m0/s1. The molecule has 0 unspecified atom stereocenters. The average Bonchev–Trinajstić information content (AvgIpc) is 3.42. The number of methoxy groups -OCH3 is 1. The molecule has 31 heavy (non-hydrogen) atoms. The quantitative estimate of drug-likeness (QED) is 0.650. The SMILES string of the molecule is COC(=O)c1c(NC(=O)[C@@H]2[C@H]3CC[C@@H](C3)[C@@H]2C(=O)O)sc(C)c1-c1cc(C)ccc1C. The lowest BCUT2D eigenvalue weighted by molar-refractivity contribution is -0.148. The lowest BCUT2D eigenvalue weighted by Crippen LogP contribution is -2.37. The van der Waals surface area contributed by atoms with Crippen molar-refractivity contribution in [1.29, 1.82) is 0 Å². The van der Waals surface area contributed by atoms with E-state index in [2.05, 4.69) is 5.32 Å². The minimum atomic E-state index is -0.904. The van der Waals surface area contributed by atoms with Crippen LogP contribution in [0.2, 0.25) is 0 Å². The maximum absolute atomic E-state index is 13.2. The minimum Gasteiger partial charge on any atom is -0.481 e. The smallest absolute Gasteiger partial charge is 0.341 e. The lowest BCUT2D eigenvalue weighted by atomic mass is 9.78. The number of aryl methyl sites for hydroxylation is 3. The summed E-state index contributed by atoms with van der Waals surface area (Å²) in [5.74, 6) is -2.79. The predicted octanol–water partition coefficient (Wildman–Crippen LogP) is 4.81. The van der Waals surface area contributed by atoms with Gasteiger partial charge in [-0.05, 0) is 63.0 Å². The number of amides is 1. The summed E-state index contributed by atoms with van der Waals surface area (Å²) in [6, 6.07) is 6.05. The minimum absolute atomic E-state index is 0.0638. The van der Waals surface area contributed by atoms with E-state index in [0.29, 0.717) is 10.6 Å². The van der Waals surface area contributed by atoms with Gasteiger partial charge in [0, 0.05) is 10.4 Å². The van der Waals surface area contributed by atoms with Crippen LogP contribution in [0.4, 0.5) is 5.00 Å². The van der Waals surface area contributed by atoms with E-state index in [4.69, 9.17) is 4.74 Å². The van der Waals surface area contributed by atoms with Gasteiger partial charge in [-0.1, -0.05) is 23.8 Å². The number of rotatable bonds is 5. The molecule has 1 aromatic carbocycles. The Kier molecular flexibility index (Phi) is 5.64. The highest BCUT2D eigenvalue weighted by molar-refractivity contribution is 7.17. The number of carboxylic acids is 1. The van der Waals surface area contributed by atoms with Gasteiger partial charge in [0.2, 0.25) is 5.91 Å². The highest BCUT2D eigenvalue weighted by atomic mass is 32.1. The highest BCUT2D eigenvalue weighted by Gasteiger charge is 2.54. The van der Waals surface area contributed by atoms with E-state index < -0.39 is 23.8 Å². The van der Waals surface area contributed by atoms with Gasteiger partial charge in [-0.15, -0.1) is 11.3 Å². The topological polar surface area (TPSA) is 92.7 Å². The molecule has 2 fully saturated rings. The Hall–Kier alpha value is -2.67. The Labute approximate surface area is 185 Å². The van der Waals surface area contributed by atoms with Crippen molar-refractivity contribution in [2.45, 2.75) is 40.0 Å². The highest BCUT2D eigenvalue weighted by Crippen LogP contribution is 2.53. The summed E-state index contributed by atoms with van der Waals surface area (Å²) < 4.78 is 5.06. The lowest BCUT2D eigenvalue weighted by Gasteiger charge is -2.26. The van der Waals surface area contributed by atoms with E-state index in [-0.39, 0.29) is 17.7 Å². The fourth-order valence-electron chi connectivity index (χ4n) is 5.48. The number of aliphatic carboxylic acids is 1.